The van der Waals surface area contributed by atoms with Gasteiger partial charge in [-0.25, -0.2) is 0 Å². The Hall–Kier alpha value is -3.81. The Morgan fingerprint density at radius 2 is 1.50 bits per heavy atom. The summed E-state index contributed by atoms with van der Waals surface area (Å²) in [5.41, 5.74) is 1.41. The minimum absolute atomic E-state index is 0.00315. The zero-order chi connectivity index (χ0) is 27.3. The van der Waals surface area contributed by atoms with Gasteiger partial charge in [0.1, 0.15) is 5.75 Å². The van der Waals surface area contributed by atoms with Crippen molar-refractivity contribution >= 4 is 28.8 Å². The second-order valence-electron chi connectivity index (χ2n) is 9.23. The molecule has 0 radical (unpaired) electrons. The fourth-order valence-corrected chi connectivity index (χ4v) is 5.60. The summed E-state index contributed by atoms with van der Waals surface area (Å²) in [6.45, 7) is 5.42. The predicted octanol–water partition coefficient (Wildman–Crippen LogP) is 4.79. The molecule has 38 heavy (non-hydrogen) atoms. The van der Waals surface area contributed by atoms with Crippen LogP contribution in [-0.2, 0) is 41.6 Å². The van der Waals surface area contributed by atoms with Crippen molar-refractivity contribution in [2.24, 2.45) is 5.41 Å². The lowest BCUT2D eigenvalue weighted by molar-refractivity contribution is -0.186. The number of hydrogen-bond acceptors (Lipinski definition) is 7. The fourth-order valence-electron chi connectivity index (χ4n) is 5.60. The normalized spacial score (nSPS) is 15.0. The number of nitrogens with zero attached hydrogens (tertiary/aromatic N) is 1. The highest BCUT2D eigenvalue weighted by atomic mass is 16.6. The molecule has 1 heterocycles. The number of benzene rings is 2. The van der Waals surface area contributed by atoms with Gasteiger partial charge in [0.2, 0.25) is 0 Å². The van der Waals surface area contributed by atoms with E-state index in [9.17, 15) is 14.4 Å². The molecule has 0 saturated heterocycles. The van der Waals surface area contributed by atoms with Gasteiger partial charge < -0.3 is 23.5 Å². The number of hydrogen-bond donors (Lipinski definition) is 0. The first-order valence-electron chi connectivity index (χ1n) is 13.2. The minimum Gasteiger partial charge on any atom is -0.497 e. The number of carbonyl (C=O) groups is 3. The zero-order valence-corrected chi connectivity index (χ0v) is 22.5. The van der Waals surface area contributed by atoms with Crippen LogP contribution in [0.3, 0.4) is 0 Å². The Morgan fingerprint density at radius 1 is 0.895 bits per heavy atom. The topological polar surface area (TPSA) is 93.1 Å². The van der Waals surface area contributed by atoms with Crippen molar-refractivity contribution in [2.75, 3.05) is 26.9 Å². The summed E-state index contributed by atoms with van der Waals surface area (Å²) >= 11 is 0. The summed E-state index contributed by atoms with van der Waals surface area (Å²) < 4.78 is 23.8. The number of aromatic nitrogens is 1. The summed E-state index contributed by atoms with van der Waals surface area (Å²) in [5.74, 6) is -2.96. The van der Waals surface area contributed by atoms with Crippen LogP contribution in [0.25, 0.3) is 10.9 Å². The molecule has 0 fully saturated rings. The number of esters is 3. The predicted molar refractivity (Wildman–Crippen MR) is 142 cm³/mol. The van der Waals surface area contributed by atoms with E-state index in [1.807, 2.05) is 48.5 Å². The van der Waals surface area contributed by atoms with E-state index in [-0.39, 0.29) is 19.8 Å². The number of fused-ring (bicyclic) bond motifs is 3. The van der Waals surface area contributed by atoms with Gasteiger partial charge in [0.25, 0.3) is 5.41 Å². The second kappa shape index (κ2) is 11.7. The number of methoxy groups -OCH3 is 1. The molecule has 8 heteroatoms. The average molecular weight is 522 g/mol. The third-order valence-corrected chi connectivity index (χ3v) is 7.17. The Morgan fingerprint density at radius 3 is 2.05 bits per heavy atom. The van der Waals surface area contributed by atoms with Gasteiger partial charge in [-0.1, -0.05) is 30.3 Å². The van der Waals surface area contributed by atoms with E-state index >= 15 is 0 Å². The van der Waals surface area contributed by atoms with E-state index in [1.54, 1.807) is 27.9 Å². The summed E-state index contributed by atoms with van der Waals surface area (Å²) in [4.78, 5) is 41.2. The molecule has 0 N–H and O–H groups in total. The number of ether oxygens (including phenoxy) is 4. The quantitative estimate of drug-likeness (QED) is 0.215. The fraction of sp³-hybridized carbons (Fsp3) is 0.433. The first-order valence-corrected chi connectivity index (χ1v) is 13.2. The van der Waals surface area contributed by atoms with Crippen molar-refractivity contribution in [3.63, 3.8) is 0 Å². The molecular weight excluding hydrogens is 486 g/mol. The zero-order valence-electron chi connectivity index (χ0n) is 22.5. The van der Waals surface area contributed by atoms with Crippen LogP contribution in [-0.4, -0.2) is 49.4 Å². The van der Waals surface area contributed by atoms with Gasteiger partial charge in [-0.15, -0.1) is 0 Å². The van der Waals surface area contributed by atoms with Crippen molar-refractivity contribution in [3.05, 3.63) is 65.4 Å². The molecule has 4 rings (SSSR count). The van der Waals surface area contributed by atoms with E-state index < -0.39 is 29.2 Å². The molecule has 0 amide bonds. The monoisotopic (exact) mass is 521 g/mol. The largest absolute Gasteiger partial charge is 0.497 e. The molecule has 0 aliphatic heterocycles. The Balaban J connectivity index is 2.04. The maximum atomic E-state index is 13.7. The lowest BCUT2D eigenvalue weighted by Gasteiger charge is -2.37. The molecule has 0 spiro atoms. The van der Waals surface area contributed by atoms with Gasteiger partial charge >= 0.3 is 17.9 Å². The van der Waals surface area contributed by atoms with Crippen molar-refractivity contribution in [1.29, 1.82) is 0 Å². The molecule has 8 nitrogen and oxygen atoms in total. The average Bonchev–Trinajstić information content (AvgIpc) is 3.23. The highest BCUT2D eigenvalue weighted by Gasteiger charge is 2.64. The van der Waals surface area contributed by atoms with Crippen LogP contribution in [0, 0.1) is 5.41 Å². The van der Waals surface area contributed by atoms with E-state index in [4.69, 9.17) is 18.9 Å². The van der Waals surface area contributed by atoms with E-state index in [0.29, 0.717) is 25.1 Å². The first-order chi connectivity index (χ1) is 18.4. The summed E-state index contributed by atoms with van der Waals surface area (Å²) in [5, 5.41) is 0.963. The maximum absolute atomic E-state index is 13.7. The number of aryl methyl sites for hydroxylation is 1. The van der Waals surface area contributed by atoms with Gasteiger partial charge in [-0.3, -0.25) is 14.4 Å². The van der Waals surface area contributed by atoms with Crippen molar-refractivity contribution < 1.29 is 33.3 Å². The smallest absolute Gasteiger partial charge is 0.335 e. The third kappa shape index (κ3) is 4.64. The van der Waals surface area contributed by atoms with Crippen molar-refractivity contribution in [1.82, 2.24) is 4.57 Å². The van der Waals surface area contributed by atoms with Gasteiger partial charge in [0.15, 0.2) is 0 Å². The number of carbonyl (C=O) groups excluding carboxylic acids is 3. The molecule has 1 aliphatic carbocycles. The van der Waals surface area contributed by atoms with Crippen LogP contribution in [0.2, 0.25) is 0 Å². The van der Waals surface area contributed by atoms with Crippen LogP contribution < -0.4 is 4.74 Å². The van der Waals surface area contributed by atoms with Crippen molar-refractivity contribution in [3.8, 4) is 5.75 Å². The van der Waals surface area contributed by atoms with Crippen LogP contribution >= 0.6 is 0 Å². The molecule has 202 valence electrons. The second-order valence-corrected chi connectivity index (χ2v) is 9.23. The SMILES string of the molecule is CCOC(=O)C(C(=O)OCC)(C(=O)OCC)[C@H]1CCCc2c1n(Cc1ccccc1)c1ccc(OC)cc21. The highest BCUT2D eigenvalue weighted by Crippen LogP contribution is 2.50. The van der Waals surface area contributed by atoms with Gasteiger partial charge in [0, 0.05) is 29.1 Å². The molecule has 3 aromatic rings. The van der Waals surface area contributed by atoms with E-state index in [1.165, 1.54) is 0 Å². The van der Waals surface area contributed by atoms with Crippen LogP contribution in [0.4, 0.5) is 0 Å². The van der Waals surface area contributed by atoms with Crippen LogP contribution in [0.15, 0.2) is 48.5 Å². The third-order valence-electron chi connectivity index (χ3n) is 7.17. The molecule has 1 atom stereocenters. The summed E-state index contributed by atoms with van der Waals surface area (Å²) in [6, 6.07) is 15.8. The molecule has 0 unspecified atom stereocenters. The maximum Gasteiger partial charge on any atom is 0.335 e. The lowest BCUT2D eigenvalue weighted by Crippen LogP contribution is -2.54. The number of rotatable bonds is 10. The molecule has 1 aliphatic rings. The van der Waals surface area contributed by atoms with Crippen molar-refractivity contribution in [2.45, 2.75) is 52.5 Å². The highest BCUT2D eigenvalue weighted by molar-refractivity contribution is 6.19. The first kappa shape index (κ1) is 27.2. The molecule has 0 bridgehead atoms. The molecule has 1 aromatic heterocycles. The van der Waals surface area contributed by atoms with E-state index in [0.717, 1.165) is 34.1 Å². The Labute approximate surface area is 222 Å². The minimum atomic E-state index is -2.29. The molecule has 0 saturated carbocycles. The van der Waals surface area contributed by atoms with Gasteiger partial charge in [0.05, 0.1) is 26.9 Å². The summed E-state index contributed by atoms with van der Waals surface area (Å²) in [6.07, 6.45) is 1.80. The molecular formula is C30H35NO7. The lowest BCUT2D eigenvalue weighted by atomic mass is 9.67. The van der Waals surface area contributed by atoms with Gasteiger partial charge in [-0.05, 0) is 69.4 Å². The standard InChI is InChI=1S/C30H35NO7/c1-5-36-27(32)30(28(33)37-6-2,29(34)38-7-3)24-15-11-14-22-23-18-21(35-4)16-17-25(23)31(26(22)24)19-20-12-9-8-10-13-20/h8-10,12-13,16-18,24H,5-7,11,14-15,19H2,1-4H3/t24-/m0/s1. The van der Waals surface area contributed by atoms with E-state index in [2.05, 4.69) is 4.57 Å². The summed E-state index contributed by atoms with van der Waals surface area (Å²) in [7, 11) is 1.62. The Kier molecular flexibility index (Phi) is 8.39. The van der Waals surface area contributed by atoms with Crippen LogP contribution in [0.5, 0.6) is 5.75 Å². The van der Waals surface area contributed by atoms with Gasteiger partial charge in [-0.2, -0.15) is 0 Å². The Bertz CT molecular complexity index is 1270. The molecule has 2 aromatic carbocycles. The van der Waals surface area contributed by atoms with Crippen LogP contribution in [0.1, 0.15) is 56.4 Å².